The summed E-state index contributed by atoms with van der Waals surface area (Å²) in [7, 11) is 1.64. The highest BCUT2D eigenvalue weighted by atomic mass is 79.9. The zero-order chi connectivity index (χ0) is 17.4. The van der Waals surface area contributed by atoms with Crippen molar-refractivity contribution in [1.82, 2.24) is 5.32 Å². The van der Waals surface area contributed by atoms with Crippen molar-refractivity contribution in [3.8, 4) is 5.75 Å². The largest absolute Gasteiger partial charge is 0.491 e. The van der Waals surface area contributed by atoms with Gasteiger partial charge in [0.25, 0.3) is 0 Å². The van der Waals surface area contributed by atoms with Crippen LogP contribution in [0.4, 0.5) is 10.5 Å². The average Bonchev–Trinajstić information content (AvgIpc) is 2.58. The summed E-state index contributed by atoms with van der Waals surface area (Å²) in [5.74, 6) is 0.782. The maximum absolute atomic E-state index is 11.9. The van der Waals surface area contributed by atoms with Crippen LogP contribution in [0.1, 0.15) is 11.1 Å². The van der Waals surface area contributed by atoms with E-state index in [2.05, 4.69) is 26.6 Å². The van der Waals surface area contributed by atoms with Crippen molar-refractivity contribution in [3.05, 3.63) is 58.1 Å². The molecular weight excluding hydrogens is 372 g/mol. The Morgan fingerprint density at radius 2 is 1.88 bits per heavy atom. The van der Waals surface area contributed by atoms with Crippen molar-refractivity contribution < 1.29 is 14.3 Å². The van der Waals surface area contributed by atoms with E-state index in [4.69, 9.17) is 9.47 Å². The Morgan fingerprint density at radius 3 is 2.54 bits per heavy atom. The van der Waals surface area contributed by atoms with Gasteiger partial charge >= 0.3 is 6.03 Å². The normalized spacial score (nSPS) is 10.3. The molecule has 5 nitrogen and oxygen atoms in total. The van der Waals surface area contributed by atoms with Crippen molar-refractivity contribution in [2.45, 2.75) is 13.5 Å². The van der Waals surface area contributed by atoms with Crippen LogP contribution >= 0.6 is 15.9 Å². The van der Waals surface area contributed by atoms with Crippen LogP contribution < -0.4 is 15.4 Å². The monoisotopic (exact) mass is 392 g/mol. The number of benzene rings is 2. The number of ether oxygens (including phenoxy) is 2. The summed E-state index contributed by atoms with van der Waals surface area (Å²) in [5.41, 5.74) is 2.86. The van der Waals surface area contributed by atoms with Gasteiger partial charge in [-0.25, -0.2) is 4.79 Å². The number of carbonyl (C=O) groups is 1. The van der Waals surface area contributed by atoms with Crippen LogP contribution in [0.15, 0.2) is 46.9 Å². The molecule has 0 aliphatic rings. The number of hydrogen-bond acceptors (Lipinski definition) is 3. The molecule has 0 aliphatic heterocycles. The molecule has 2 amide bonds. The molecule has 0 saturated carbocycles. The average molecular weight is 393 g/mol. The van der Waals surface area contributed by atoms with E-state index in [1.165, 1.54) is 0 Å². The molecular formula is C18H21BrN2O3. The number of anilines is 1. The van der Waals surface area contributed by atoms with Crippen LogP contribution in [0.3, 0.4) is 0 Å². The Kier molecular flexibility index (Phi) is 7.08. The minimum Gasteiger partial charge on any atom is -0.491 e. The summed E-state index contributed by atoms with van der Waals surface area (Å²) in [6, 6.07) is 13.0. The van der Waals surface area contributed by atoms with Gasteiger partial charge in [-0.1, -0.05) is 34.1 Å². The zero-order valence-electron chi connectivity index (χ0n) is 13.8. The Hall–Kier alpha value is -2.05. The van der Waals surface area contributed by atoms with Crippen molar-refractivity contribution in [2.24, 2.45) is 0 Å². The first-order chi connectivity index (χ1) is 11.6. The molecule has 2 rings (SSSR count). The van der Waals surface area contributed by atoms with Crippen molar-refractivity contribution in [1.29, 1.82) is 0 Å². The fourth-order valence-corrected chi connectivity index (χ4v) is 2.35. The number of halogens is 1. The highest BCUT2D eigenvalue weighted by Crippen LogP contribution is 2.20. The second-order valence-corrected chi connectivity index (χ2v) is 6.11. The number of aryl methyl sites for hydroxylation is 1. The third-order valence-electron chi connectivity index (χ3n) is 3.36. The molecule has 24 heavy (non-hydrogen) atoms. The molecule has 2 aromatic rings. The molecule has 0 atom stereocenters. The molecule has 0 spiro atoms. The lowest BCUT2D eigenvalue weighted by Gasteiger charge is -2.10. The lowest BCUT2D eigenvalue weighted by atomic mass is 10.2. The summed E-state index contributed by atoms with van der Waals surface area (Å²) in [4.78, 5) is 11.9. The molecule has 0 aromatic heterocycles. The van der Waals surface area contributed by atoms with E-state index in [1.807, 2.05) is 49.4 Å². The van der Waals surface area contributed by atoms with Crippen LogP contribution in [-0.2, 0) is 11.3 Å². The standard InChI is InChI=1S/C18H21BrN2O3/c1-13-3-6-15(11-17(13)19)21-18(22)20-12-14-4-7-16(8-5-14)24-10-9-23-2/h3-8,11H,9-10,12H2,1-2H3,(H2,20,21,22). The molecule has 0 aliphatic carbocycles. The summed E-state index contributed by atoms with van der Waals surface area (Å²) >= 11 is 3.45. The summed E-state index contributed by atoms with van der Waals surface area (Å²) in [5, 5.41) is 5.63. The second kappa shape index (κ2) is 9.30. The fourth-order valence-electron chi connectivity index (χ4n) is 1.97. The quantitative estimate of drug-likeness (QED) is 0.697. The highest BCUT2D eigenvalue weighted by Gasteiger charge is 2.04. The number of amides is 2. The molecule has 0 unspecified atom stereocenters. The molecule has 0 fully saturated rings. The smallest absolute Gasteiger partial charge is 0.319 e. The van der Waals surface area contributed by atoms with E-state index >= 15 is 0 Å². The Balaban J connectivity index is 1.79. The molecule has 0 bridgehead atoms. The van der Waals surface area contributed by atoms with Gasteiger partial charge in [-0.3, -0.25) is 0 Å². The van der Waals surface area contributed by atoms with E-state index in [9.17, 15) is 4.79 Å². The summed E-state index contributed by atoms with van der Waals surface area (Å²) < 4.78 is 11.4. The van der Waals surface area contributed by atoms with Gasteiger partial charge in [0.1, 0.15) is 12.4 Å². The molecule has 0 radical (unpaired) electrons. The third kappa shape index (κ3) is 5.86. The Labute approximate surface area is 150 Å². The van der Waals surface area contributed by atoms with Crippen LogP contribution in [-0.4, -0.2) is 26.4 Å². The number of urea groups is 1. The van der Waals surface area contributed by atoms with Gasteiger partial charge < -0.3 is 20.1 Å². The number of hydrogen-bond donors (Lipinski definition) is 2. The topological polar surface area (TPSA) is 59.6 Å². The second-order valence-electron chi connectivity index (χ2n) is 5.26. The number of nitrogens with one attached hydrogen (secondary N) is 2. The van der Waals surface area contributed by atoms with Gasteiger partial charge in [-0.2, -0.15) is 0 Å². The lowest BCUT2D eigenvalue weighted by molar-refractivity contribution is 0.146. The van der Waals surface area contributed by atoms with E-state index in [1.54, 1.807) is 7.11 Å². The molecule has 2 N–H and O–H groups in total. The first-order valence-corrected chi connectivity index (χ1v) is 8.39. The zero-order valence-corrected chi connectivity index (χ0v) is 15.4. The van der Waals surface area contributed by atoms with Gasteiger partial charge in [-0.05, 0) is 42.3 Å². The van der Waals surface area contributed by atoms with E-state index in [0.29, 0.717) is 19.8 Å². The highest BCUT2D eigenvalue weighted by molar-refractivity contribution is 9.10. The van der Waals surface area contributed by atoms with Crippen molar-refractivity contribution in [3.63, 3.8) is 0 Å². The van der Waals surface area contributed by atoms with Gasteiger partial charge in [0, 0.05) is 23.8 Å². The first kappa shape index (κ1) is 18.3. The minimum atomic E-state index is -0.244. The number of rotatable bonds is 7. The fraction of sp³-hybridized carbons (Fsp3) is 0.278. The Morgan fingerprint density at radius 1 is 1.12 bits per heavy atom. The van der Waals surface area contributed by atoms with Gasteiger partial charge in [0.2, 0.25) is 0 Å². The van der Waals surface area contributed by atoms with Crippen LogP contribution in [0.5, 0.6) is 5.75 Å². The first-order valence-electron chi connectivity index (χ1n) is 7.60. The molecule has 0 saturated heterocycles. The van der Waals surface area contributed by atoms with Crippen LogP contribution in [0.2, 0.25) is 0 Å². The lowest BCUT2D eigenvalue weighted by Crippen LogP contribution is -2.28. The minimum absolute atomic E-state index is 0.244. The van der Waals surface area contributed by atoms with Crippen molar-refractivity contribution in [2.75, 3.05) is 25.6 Å². The summed E-state index contributed by atoms with van der Waals surface area (Å²) in [6.07, 6.45) is 0. The van der Waals surface area contributed by atoms with Gasteiger partial charge in [-0.15, -0.1) is 0 Å². The molecule has 6 heteroatoms. The van der Waals surface area contributed by atoms with Crippen LogP contribution in [0, 0.1) is 6.92 Å². The van der Waals surface area contributed by atoms with E-state index in [0.717, 1.165) is 27.0 Å². The predicted octanol–water partition coefficient (Wildman–Crippen LogP) is 4.10. The molecule has 128 valence electrons. The number of methoxy groups -OCH3 is 1. The maximum atomic E-state index is 11.9. The Bertz CT molecular complexity index is 674. The van der Waals surface area contributed by atoms with Gasteiger partial charge in [0.15, 0.2) is 0 Å². The predicted molar refractivity (Wildman–Crippen MR) is 98.6 cm³/mol. The third-order valence-corrected chi connectivity index (χ3v) is 4.22. The van der Waals surface area contributed by atoms with Crippen molar-refractivity contribution >= 4 is 27.6 Å². The van der Waals surface area contributed by atoms with Gasteiger partial charge in [0.05, 0.1) is 6.61 Å². The SMILES string of the molecule is COCCOc1ccc(CNC(=O)Nc2ccc(C)c(Br)c2)cc1. The van der Waals surface area contributed by atoms with E-state index < -0.39 is 0 Å². The van der Waals surface area contributed by atoms with Crippen LogP contribution in [0.25, 0.3) is 0 Å². The molecule has 2 aromatic carbocycles. The molecule has 0 heterocycles. The maximum Gasteiger partial charge on any atom is 0.319 e. The summed E-state index contributed by atoms with van der Waals surface area (Å²) in [6.45, 7) is 3.51. The number of carbonyl (C=O) groups excluding carboxylic acids is 1. The van der Waals surface area contributed by atoms with E-state index in [-0.39, 0.29) is 6.03 Å².